The monoisotopic (exact) mass is 227 g/mol. The Morgan fingerprint density at radius 2 is 1.81 bits per heavy atom. The highest BCUT2D eigenvalue weighted by Crippen LogP contribution is 2.28. The van der Waals surface area contributed by atoms with Crippen molar-refractivity contribution >= 4 is 0 Å². The maximum Gasteiger partial charge on any atom is 0.0350 e. The van der Waals surface area contributed by atoms with Gasteiger partial charge in [0.05, 0.1) is 0 Å². The molecule has 0 aliphatic carbocycles. The maximum atomic E-state index is 5.94. The van der Waals surface area contributed by atoms with Gasteiger partial charge in [0, 0.05) is 37.8 Å². The lowest BCUT2D eigenvalue weighted by Gasteiger charge is -2.43. The molecule has 0 aromatic heterocycles. The molecule has 1 aliphatic rings. The summed E-state index contributed by atoms with van der Waals surface area (Å²) in [4.78, 5) is 5.00. The number of nitrogens with two attached hydrogens (primary N) is 1. The van der Waals surface area contributed by atoms with Crippen LogP contribution in [0.15, 0.2) is 0 Å². The second-order valence-corrected chi connectivity index (χ2v) is 7.05. The molecule has 1 heterocycles. The van der Waals surface area contributed by atoms with Crippen LogP contribution in [0.25, 0.3) is 0 Å². The molecule has 16 heavy (non-hydrogen) atoms. The van der Waals surface area contributed by atoms with Gasteiger partial charge in [-0.1, -0.05) is 13.8 Å². The van der Waals surface area contributed by atoms with E-state index in [-0.39, 0.29) is 5.54 Å². The summed E-state index contributed by atoms with van der Waals surface area (Å²) >= 11 is 0. The second-order valence-electron chi connectivity index (χ2n) is 7.05. The first-order chi connectivity index (χ1) is 7.15. The van der Waals surface area contributed by atoms with Crippen LogP contribution in [-0.4, -0.2) is 54.6 Å². The van der Waals surface area contributed by atoms with E-state index in [0.717, 1.165) is 26.2 Å². The van der Waals surface area contributed by atoms with Crippen molar-refractivity contribution in [3.63, 3.8) is 0 Å². The zero-order valence-electron chi connectivity index (χ0n) is 11.9. The Bertz CT molecular complexity index is 230. The molecule has 1 rings (SSSR count). The van der Waals surface area contributed by atoms with E-state index >= 15 is 0 Å². The molecule has 3 heteroatoms. The molecule has 0 bridgehead atoms. The largest absolute Gasteiger partial charge is 0.329 e. The quantitative estimate of drug-likeness (QED) is 0.735. The van der Waals surface area contributed by atoms with Gasteiger partial charge in [0.1, 0.15) is 0 Å². The van der Waals surface area contributed by atoms with Gasteiger partial charge in [-0.3, -0.25) is 4.90 Å². The van der Waals surface area contributed by atoms with E-state index in [0.29, 0.717) is 11.5 Å². The number of likely N-dealkylation sites (N-methyl/N-ethyl adjacent to an activating group) is 1. The SMILES string of the molecule is CN1CC(CN)N(C(C)(C)C)CC(C)(C)C1. The number of rotatable bonds is 1. The van der Waals surface area contributed by atoms with Crippen molar-refractivity contribution < 1.29 is 0 Å². The molecule has 1 aliphatic heterocycles. The fourth-order valence-electron chi connectivity index (χ4n) is 2.88. The average molecular weight is 227 g/mol. The first-order valence-corrected chi connectivity index (χ1v) is 6.31. The van der Waals surface area contributed by atoms with E-state index in [1.807, 2.05) is 0 Å². The minimum absolute atomic E-state index is 0.201. The van der Waals surface area contributed by atoms with Gasteiger partial charge >= 0.3 is 0 Å². The Hall–Kier alpha value is -0.120. The van der Waals surface area contributed by atoms with Crippen molar-refractivity contribution in [2.24, 2.45) is 11.1 Å². The Balaban J connectivity index is 2.93. The molecule has 0 aromatic carbocycles. The summed E-state index contributed by atoms with van der Waals surface area (Å²) in [6, 6.07) is 0.478. The number of hydrogen-bond acceptors (Lipinski definition) is 3. The summed E-state index contributed by atoms with van der Waals surface area (Å²) in [6.45, 7) is 15.7. The molecule has 2 N–H and O–H groups in total. The van der Waals surface area contributed by atoms with Crippen LogP contribution in [-0.2, 0) is 0 Å². The summed E-state index contributed by atoms with van der Waals surface area (Å²) in [6.07, 6.45) is 0. The van der Waals surface area contributed by atoms with Crippen LogP contribution in [0.5, 0.6) is 0 Å². The van der Waals surface area contributed by atoms with Crippen molar-refractivity contribution in [3.05, 3.63) is 0 Å². The number of nitrogens with zero attached hydrogens (tertiary/aromatic N) is 2. The Morgan fingerprint density at radius 1 is 1.25 bits per heavy atom. The molecule has 0 spiro atoms. The van der Waals surface area contributed by atoms with Crippen LogP contribution in [0.3, 0.4) is 0 Å². The van der Waals surface area contributed by atoms with E-state index in [2.05, 4.69) is 51.5 Å². The van der Waals surface area contributed by atoms with Crippen molar-refractivity contribution in [2.75, 3.05) is 33.2 Å². The van der Waals surface area contributed by atoms with Gasteiger partial charge in [-0.05, 0) is 33.2 Å². The smallest absolute Gasteiger partial charge is 0.0350 e. The standard InChI is InChI=1S/C13H29N3/c1-12(2,3)16-10-13(4,5)9-15(6)8-11(16)7-14/h11H,7-10,14H2,1-6H3. The van der Waals surface area contributed by atoms with Gasteiger partial charge in [0.2, 0.25) is 0 Å². The Kier molecular flexibility index (Phi) is 4.04. The molecular weight excluding hydrogens is 198 g/mol. The highest BCUT2D eigenvalue weighted by molar-refractivity contribution is 4.93. The summed E-state index contributed by atoms with van der Waals surface area (Å²) < 4.78 is 0. The third kappa shape index (κ3) is 3.44. The lowest BCUT2D eigenvalue weighted by molar-refractivity contribution is 0.0624. The number of hydrogen-bond donors (Lipinski definition) is 1. The van der Waals surface area contributed by atoms with E-state index < -0.39 is 0 Å². The summed E-state index contributed by atoms with van der Waals surface area (Å²) in [5, 5.41) is 0. The Labute approximate surface area is 101 Å². The average Bonchev–Trinajstić information content (AvgIpc) is 2.19. The van der Waals surface area contributed by atoms with Crippen LogP contribution in [0.4, 0.5) is 0 Å². The topological polar surface area (TPSA) is 32.5 Å². The molecule has 1 saturated heterocycles. The van der Waals surface area contributed by atoms with Crippen molar-refractivity contribution in [1.82, 2.24) is 9.80 Å². The second kappa shape index (κ2) is 4.63. The lowest BCUT2D eigenvalue weighted by atomic mass is 9.90. The molecule has 3 nitrogen and oxygen atoms in total. The molecule has 1 atom stereocenters. The molecular formula is C13H29N3. The molecule has 0 aromatic rings. The van der Waals surface area contributed by atoms with E-state index in [9.17, 15) is 0 Å². The fraction of sp³-hybridized carbons (Fsp3) is 1.00. The molecule has 0 amide bonds. The first kappa shape index (κ1) is 13.9. The van der Waals surface area contributed by atoms with Gasteiger partial charge in [0.15, 0.2) is 0 Å². The third-order valence-corrected chi connectivity index (χ3v) is 3.39. The van der Waals surface area contributed by atoms with E-state index in [1.54, 1.807) is 0 Å². The van der Waals surface area contributed by atoms with Gasteiger partial charge < -0.3 is 10.6 Å². The van der Waals surface area contributed by atoms with E-state index in [4.69, 9.17) is 5.73 Å². The van der Waals surface area contributed by atoms with Crippen molar-refractivity contribution in [2.45, 2.75) is 46.2 Å². The maximum absolute atomic E-state index is 5.94. The van der Waals surface area contributed by atoms with Crippen molar-refractivity contribution in [1.29, 1.82) is 0 Å². The first-order valence-electron chi connectivity index (χ1n) is 6.31. The van der Waals surface area contributed by atoms with Crippen LogP contribution in [0.1, 0.15) is 34.6 Å². The zero-order valence-corrected chi connectivity index (χ0v) is 11.9. The Morgan fingerprint density at radius 3 is 2.25 bits per heavy atom. The van der Waals surface area contributed by atoms with Crippen LogP contribution in [0.2, 0.25) is 0 Å². The summed E-state index contributed by atoms with van der Waals surface area (Å²) in [5.41, 5.74) is 6.48. The van der Waals surface area contributed by atoms with Crippen LogP contribution < -0.4 is 5.73 Å². The minimum atomic E-state index is 0.201. The molecule has 0 saturated carbocycles. The minimum Gasteiger partial charge on any atom is -0.329 e. The molecule has 96 valence electrons. The predicted molar refractivity (Wildman–Crippen MR) is 70.6 cm³/mol. The molecule has 1 fully saturated rings. The fourth-order valence-corrected chi connectivity index (χ4v) is 2.88. The normalized spacial score (nSPS) is 29.1. The molecule has 0 radical (unpaired) electrons. The van der Waals surface area contributed by atoms with E-state index in [1.165, 1.54) is 0 Å². The third-order valence-electron chi connectivity index (χ3n) is 3.39. The summed E-state index contributed by atoms with van der Waals surface area (Å²) in [7, 11) is 2.20. The van der Waals surface area contributed by atoms with Crippen LogP contribution in [0, 0.1) is 5.41 Å². The highest BCUT2D eigenvalue weighted by Gasteiger charge is 2.37. The molecule has 1 unspecified atom stereocenters. The lowest BCUT2D eigenvalue weighted by Crippen LogP contribution is -2.54. The highest BCUT2D eigenvalue weighted by atomic mass is 15.3. The van der Waals surface area contributed by atoms with Gasteiger partial charge in [0.25, 0.3) is 0 Å². The predicted octanol–water partition coefficient (Wildman–Crippen LogP) is 1.39. The summed E-state index contributed by atoms with van der Waals surface area (Å²) in [5.74, 6) is 0. The van der Waals surface area contributed by atoms with Gasteiger partial charge in [-0.2, -0.15) is 0 Å². The van der Waals surface area contributed by atoms with Gasteiger partial charge in [-0.15, -0.1) is 0 Å². The van der Waals surface area contributed by atoms with Gasteiger partial charge in [-0.25, -0.2) is 0 Å². The zero-order chi connectivity index (χ0) is 12.6. The van der Waals surface area contributed by atoms with Crippen molar-refractivity contribution in [3.8, 4) is 0 Å². The van der Waals surface area contributed by atoms with Crippen LogP contribution >= 0.6 is 0 Å².